The van der Waals surface area contributed by atoms with Crippen LogP contribution in [-0.4, -0.2) is 15.8 Å². The van der Waals surface area contributed by atoms with Crippen molar-refractivity contribution in [2.24, 2.45) is 11.1 Å². The smallest absolute Gasteiger partial charge is 0.0821 e. The van der Waals surface area contributed by atoms with Gasteiger partial charge in [0.25, 0.3) is 0 Å². The van der Waals surface area contributed by atoms with E-state index in [1.807, 2.05) is 4.68 Å². The zero-order chi connectivity index (χ0) is 12.6. The number of nitrogens with zero attached hydrogens (tertiary/aromatic N) is 2. The van der Waals surface area contributed by atoms with Gasteiger partial charge in [-0.1, -0.05) is 25.4 Å². The topological polar surface area (TPSA) is 43.8 Å². The molecule has 1 fully saturated rings. The molecular formula is C13H22ClN3. The Bertz CT molecular complexity index is 397. The Morgan fingerprint density at radius 1 is 1.59 bits per heavy atom. The minimum Gasteiger partial charge on any atom is -0.327 e. The first-order valence-corrected chi connectivity index (χ1v) is 6.79. The van der Waals surface area contributed by atoms with Crippen molar-refractivity contribution in [3.8, 4) is 0 Å². The summed E-state index contributed by atoms with van der Waals surface area (Å²) in [5.74, 6) is 0.341. The third-order valence-corrected chi connectivity index (χ3v) is 4.22. The number of aryl methyl sites for hydroxylation is 1. The highest BCUT2D eigenvalue weighted by Gasteiger charge is 2.36. The van der Waals surface area contributed by atoms with Crippen LogP contribution in [0.4, 0.5) is 0 Å². The highest BCUT2D eigenvalue weighted by molar-refractivity contribution is 6.31. The van der Waals surface area contributed by atoms with E-state index in [-0.39, 0.29) is 6.04 Å². The van der Waals surface area contributed by atoms with Crippen LogP contribution in [0.15, 0.2) is 6.20 Å². The summed E-state index contributed by atoms with van der Waals surface area (Å²) in [6, 6.07) is 0.211. The summed E-state index contributed by atoms with van der Waals surface area (Å²) in [6.07, 6.45) is 5.11. The lowest BCUT2D eigenvalue weighted by Gasteiger charge is -2.39. The fourth-order valence-electron chi connectivity index (χ4n) is 2.90. The second-order valence-corrected chi connectivity index (χ2v) is 6.28. The Hall–Kier alpha value is -0.540. The van der Waals surface area contributed by atoms with Gasteiger partial charge in [0.1, 0.15) is 0 Å². The summed E-state index contributed by atoms with van der Waals surface area (Å²) in [7, 11) is 0. The molecule has 17 heavy (non-hydrogen) atoms. The van der Waals surface area contributed by atoms with Crippen LogP contribution in [0.5, 0.6) is 0 Å². The van der Waals surface area contributed by atoms with Gasteiger partial charge in [0, 0.05) is 18.5 Å². The summed E-state index contributed by atoms with van der Waals surface area (Å²) in [5, 5.41) is 5.09. The molecular weight excluding hydrogens is 234 g/mol. The van der Waals surface area contributed by atoms with Crippen LogP contribution in [-0.2, 0) is 6.54 Å². The normalized spacial score (nSPS) is 28.3. The number of hydrogen-bond acceptors (Lipinski definition) is 2. The van der Waals surface area contributed by atoms with Gasteiger partial charge in [-0.05, 0) is 31.6 Å². The van der Waals surface area contributed by atoms with E-state index >= 15 is 0 Å². The molecule has 0 saturated heterocycles. The molecule has 3 nitrogen and oxygen atoms in total. The van der Waals surface area contributed by atoms with E-state index in [9.17, 15) is 0 Å². The van der Waals surface area contributed by atoms with Gasteiger partial charge in [-0.3, -0.25) is 4.68 Å². The van der Waals surface area contributed by atoms with Crippen LogP contribution < -0.4 is 5.73 Å². The summed E-state index contributed by atoms with van der Waals surface area (Å²) in [5.41, 5.74) is 7.77. The van der Waals surface area contributed by atoms with Crippen molar-refractivity contribution in [1.29, 1.82) is 0 Å². The van der Waals surface area contributed by atoms with Crippen LogP contribution in [0.25, 0.3) is 0 Å². The summed E-state index contributed by atoms with van der Waals surface area (Å²) < 4.78 is 1.99. The summed E-state index contributed by atoms with van der Waals surface area (Å²) >= 11 is 6.28. The fourth-order valence-corrected chi connectivity index (χ4v) is 3.18. The van der Waals surface area contributed by atoms with Gasteiger partial charge in [0.2, 0.25) is 0 Å². The molecule has 1 heterocycles. The maximum absolute atomic E-state index is 6.28. The average Bonchev–Trinajstić information content (AvgIpc) is 2.63. The Labute approximate surface area is 108 Å². The van der Waals surface area contributed by atoms with Crippen LogP contribution in [0.2, 0.25) is 5.02 Å². The van der Waals surface area contributed by atoms with Crippen molar-refractivity contribution in [2.75, 3.05) is 0 Å². The molecule has 96 valence electrons. The van der Waals surface area contributed by atoms with E-state index in [0.717, 1.165) is 30.1 Å². The van der Waals surface area contributed by atoms with Gasteiger partial charge in [-0.15, -0.1) is 0 Å². The van der Waals surface area contributed by atoms with Crippen LogP contribution in [0.1, 0.15) is 51.6 Å². The molecule has 1 saturated carbocycles. The van der Waals surface area contributed by atoms with Crippen LogP contribution in [0, 0.1) is 5.41 Å². The Kier molecular flexibility index (Phi) is 3.50. The number of rotatable bonds is 2. The molecule has 1 aromatic heterocycles. The molecule has 2 rings (SSSR count). The van der Waals surface area contributed by atoms with E-state index in [1.54, 1.807) is 6.20 Å². The number of nitrogens with two attached hydrogens (primary N) is 1. The molecule has 2 unspecified atom stereocenters. The van der Waals surface area contributed by atoms with E-state index < -0.39 is 0 Å². The molecule has 0 aromatic carbocycles. The number of aromatic nitrogens is 2. The number of hydrogen-bond donors (Lipinski definition) is 1. The van der Waals surface area contributed by atoms with Gasteiger partial charge in [0.05, 0.1) is 16.9 Å². The monoisotopic (exact) mass is 255 g/mol. The van der Waals surface area contributed by atoms with Crippen molar-refractivity contribution in [3.63, 3.8) is 0 Å². The minimum atomic E-state index is 0.211. The standard InChI is InChI=1S/C13H22ClN3/c1-4-17-12(10(14)8-16-17)9-7-13(2,3)6-5-11(9)15/h8-9,11H,4-7,15H2,1-3H3. The molecule has 0 bridgehead atoms. The predicted octanol–water partition coefficient (Wildman–Crippen LogP) is 3.18. The van der Waals surface area contributed by atoms with Crippen LogP contribution >= 0.6 is 11.6 Å². The quantitative estimate of drug-likeness (QED) is 0.882. The highest BCUT2D eigenvalue weighted by Crippen LogP contribution is 2.44. The van der Waals surface area contributed by atoms with Crippen molar-refractivity contribution < 1.29 is 0 Å². The lowest BCUT2D eigenvalue weighted by molar-refractivity contribution is 0.193. The van der Waals surface area contributed by atoms with E-state index in [2.05, 4.69) is 25.9 Å². The predicted molar refractivity (Wildman–Crippen MR) is 71.3 cm³/mol. The fraction of sp³-hybridized carbons (Fsp3) is 0.769. The van der Waals surface area contributed by atoms with E-state index in [0.29, 0.717) is 11.3 Å². The van der Waals surface area contributed by atoms with Crippen molar-refractivity contribution in [2.45, 2.75) is 58.5 Å². The second kappa shape index (κ2) is 4.62. The summed E-state index contributed by atoms with van der Waals surface area (Å²) in [4.78, 5) is 0. The Morgan fingerprint density at radius 3 is 2.94 bits per heavy atom. The molecule has 1 aliphatic rings. The molecule has 0 radical (unpaired) electrons. The number of halogens is 1. The maximum Gasteiger partial charge on any atom is 0.0821 e. The second-order valence-electron chi connectivity index (χ2n) is 5.87. The van der Waals surface area contributed by atoms with Gasteiger partial charge >= 0.3 is 0 Å². The molecule has 1 aromatic rings. The van der Waals surface area contributed by atoms with Crippen LogP contribution in [0.3, 0.4) is 0 Å². The third kappa shape index (κ3) is 2.50. The van der Waals surface area contributed by atoms with E-state index in [4.69, 9.17) is 17.3 Å². The van der Waals surface area contributed by atoms with Crippen molar-refractivity contribution in [1.82, 2.24) is 9.78 Å². The average molecular weight is 256 g/mol. The molecule has 0 spiro atoms. The SMILES string of the molecule is CCn1ncc(Cl)c1C1CC(C)(C)CCC1N. The van der Waals surface area contributed by atoms with Gasteiger partial charge in [-0.25, -0.2) is 0 Å². The first-order chi connectivity index (χ1) is 7.94. The lowest BCUT2D eigenvalue weighted by atomic mass is 9.69. The molecule has 0 aliphatic heterocycles. The molecule has 1 aliphatic carbocycles. The first-order valence-electron chi connectivity index (χ1n) is 6.41. The first kappa shape index (κ1) is 12.9. The maximum atomic E-state index is 6.28. The minimum absolute atomic E-state index is 0.211. The zero-order valence-corrected chi connectivity index (χ0v) is 11.7. The van der Waals surface area contributed by atoms with Gasteiger partial charge in [-0.2, -0.15) is 5.10 Å². The molecule has 2 atom stereocenters. The molecule has 4 heteroatoms. The largest absolute Gasteiger partial charge is 0.327 e. The van der Waals surface area contributed by atoms with Crippen molar-refractivity contribution in [3.05, 3.63) is 16.9 Å². The third-order valence-electron chi connectivity index (χ3n) is 3.93. The van der Waals surface area contributed by atoms with Crippen molar-refractivity contribution >= 4 is 11.6 Å². The molecule has 2 N–H and O–H groups in total. The lowest BCUT2D eigenvalue weighted by Crippen LogP contribution is -2.38. The molecule has 0 amide bonds. The highest BCUT2D eigenvalue weighted by atomic mass is 35.5. The Balaban J connectivity index is 2.33. The van der Waals surface area contributed by atoms with Gasteiger partial charge in [0.15, 0.2) is 0 Å². The summed E-state index contributed by atoms with van der Waals surface area (Å²) in [6.45, 7) is 7.57. The Morgan fingerprint density at radius 2 is 2.29 bits per heavy atom. The van der Waals surface area contributed by atoms with Gasteiger partial charge < -0.3 is 5.73 Å². The van der Waals surface area contributed by atoms with E-state index in [1.165, 1.54) is 6.42 Å². The zero-order valence-electron chi connectivity index (χ0n) is 10.9.